The lowest BCUT2D eigenvalue weighted by Gasteiger charge is -2.12. The summed E-state index contributed by atoms with van der Waals surface area (Å²) in [6, 6.07) is 14.4. The van der Waals surface area contributed by atoms with Gasteiger partial charge < -0.3 is 19.0 Å². The molecule has 3 rings (SSSR count). The summed E-state index contributed by atoms with van der Waals surface area (Å²) in [5.41, 5.74) is 1.89. The van der Waals surface area contributed by atoms with E-state index in [2.05, 4.69) is 16.3 Å². The molecule has 0 saturated carbocycles. The first-order valence-electron chi connectivity index (χ1n) is 9.28. The molecular formula is C22H19N3O5S. The normalized spacial score (nSPS) is 11.1. The van der Waals surface area contributed by atoms with Crippen molar-refractivity contribution in [2.24, 2.45) is 0 Å². The van der Waals surface area contributed by atoms with Gasteiger partial charge in [-0.3, -0.25) is 0 Å². The largest absolute Gasteiger partial charge is 0.493 e. The van der Waals surface area contributed by atoms with Crippen molar-refractivity contribution in [1.29, 1.82) is 5.26 Å². The number of thioether (sulfide) groups is 1. The van der Waals surface area contributed by atoms with E-state index in [1.807, 2.05) is 19.1 Å². The Bertz CT molecular complexity index is 1150. The lowest BCUT2D eigenvalue weighted by atomic mass is 10.1. The van der Waals surface area contributed by atoms with Crippen LogP contribution in [0.3, 0.4) is 0 Å². The van der Waals surface area contributed by atoms with Crippen molar-refractivity contribution in [3.63, 3.8) is 0 Å². The summed E-state index contributed by atoms with van der Waals surface area (Å²) in [5, 5.41) is 26.6. The van der Waals surface area contributed by atoms with Crippen LogP contribution in [-0.4, -0.2) is 28.4 Å². The van der Waals surface area contributed by atoms with Crippen LogP contribution in [0.25, 0.3) is 6.08 Å². The van der Waals surface area contributed by atoms with E-state index < -0.39 is 5.97 Å². The zero-order chi connectivity index (χ0) is 22.2. The number of ether oxygens (including phenoxy) is 2. The number of carboxylic acids is 1. The van der Waals surface area contributed by atoms with Crippen LogP contribution in [-0.2, 0) is 17.8 Å². The standard InChI is InChI=1S/C22H19N3O5S/c1-3-20-24-25-22(30-20)31-19(21(26)27)11-14-8-9-17(18(10-14)28-2)29-13-16-7-5-4-6-15(16)12-23/h4-11H,3,13H2,1-2H3,(H,26,27)/b19-11-. The highest BCUT2D eigenvalue weighted by atomic mass is 32.2. The van der Waals surface area contributed by atoms with Gasteiger partial charge in [-0.2, -0.15) is 5.26 Å². The van der Waals surface area contributed by atoms with Crippen molar-refractivity contribution in [2.75, 3.05) is 7.11 Å². The van der Waals surface area contributed by atoms with Crippen molar-refractivity contribution in [1.82, 2.24) is 10.2 Å². The number of methoxy groups -OCH3 is 1. The molecule has 31 heavy (non-hydrogen) atoms. The maximum atomic E-state index is 11.7. The number of benzene rings is 2. The van der Waals surface area contributed by atoms with Crippen molar-refractivity contribution < 1.29 is 23.8 Å². The molecule has 0 saturated heterocycles. The number of aryl methyl sites for hydroxylation is 1. The molecule has 8 nitrogen and oxygen atoms in total. The Morgan fingerprint density at radius 3 is 2.74 bits per heavy atom. The third kappa shape index (κ3) is 5.65. The lowest BCUT2D eigenvalue weighted by Crippen LogP contribution is -2.00. The van der Waals surface area contributed by atoms with Crippen molar-refractivity contribution >= 4 is 23.8 Å². The Morgan fingerprint density at radius 2 is 2.06 bits per heavy atom. The number of carboxylic acid groups (broad SMARTS) is 1. The first-order valence-corrected chi connectivity index (χ1v) is 10.1. The number of hydrogen-bond donors (Lipinski definition) is 1. The second-order valence-electron chi connectivity index (χ2n) is 6.20. The molecule has 3 aromatic rings. The highest BCUT2D eigenvalue weighted by Crippen LogP contribution is 2.32. The topological polar surface area (TPSA) is 118 Å². The Labute approximate surface area is 183 Å². The van der Waals surface area contributed by atoms with Gasteiger partial charge in [0.15, 0.2) is 11.5 Å². The monoisotopic (exact) mass is 437 g/mol. The first kappa shape index (κ1) is 21.9. The summed E-state index contributed by atoms with van der Waals surface area (Å²) in [5.74, 6) is 0.229. The SMILES string of the molecule is CCc1nnc(S/C(=C\c2ccc(OCc3ccccc3C#N)c(OC)c2)C(=O)O)o1. The Balaban J connectivity index is 1.80. The number of carbonyl (C=O) groups is 1. The summed E-state index contributed by atoms with van der Waals surface area (Å²) >= 11 is 0.876. The van der Waals surface area contributed by atoms with Gasteiger partial charge in [-0.05, 0) is 41.6 Å². The van der Waals surface area contributed by atoms with Gasteiger partial charge in [0.1, 0.15) is 11.5 Å². The fourth-order valence-electron chi connectivity index (χ4n) is 2.61. The first-order chi connectivity index (χ1) is 15.0. The quantitative estimate of drug-likeness (QED) is 0.386. The van der Waals surface area contributed by atoms with Crippen LogP contribution in [0.4, 0.5) is 0 Å². The molecule has 0 aliphatic heterocycles. The molecule has 0 aliphatic rings. The molecule has 0 unspecified atom stereocenters. The van der Waals surface area contributed by atoms with E-state index in [-0.39, 0.29) is 16.7 Å². The molecule has 2 aromatic carbocycles. The van der Waals surface area contributed by atoms with Crippen LogP contribution in [0.2, 0.25) is 0 Å². The van der Waals surface area contributed by atoms with Crippen molar-refractivity contribution in [2.45, 2.75) is 25.2 Å². The van der Waals surface area contributed by atoms with Gasteiger partial charge in [-0.1, -0.05) is 31.2 Å². The fraction of sp³-hybridized carbons (Fsp3) is 0.182. The van der Waals surface area contributed by atoms with E-state index in [0.29, 0.717) is 34.9 Å². The van der Waals surface area contributed by atoms with E-state index in [1.54, 1.807) is 30.3 Å². The zero-order valence-corrected chi connectivity index (χ0v) is 17.7. The summed E-state index contributed by atoms with van der Waals surface area (Å²) in [6.07, 6.45) is 2.05. The highest BCUT2D eigenvalue weighted by Gasteiger charge is 2.16. The van der Waals surface area contributed by atoms with Crippen LogP contribution < -0.4 is 9.47 Å². The molecule has 1 aromatic heterocycles. The predicted octanol–water partition coefficient (Wildman–Crippen LogP) is 4.31. The molecule has 1 N–H and O–H groups in total. The predicted molar refractivity (Wildman–Crippen MR) is 114 cm³/mol. The van der Waals surface area contributed by atoms with Gasteiger partial charge in [0.25, 0.3) is 5.22 Å². The van der Waals surface area contributed by atoms with E-state index in [4.69, 9.17) is 13.9 Å². The van der Waals surface area contributed by atoms with Gasteiger partial charge in [-0.15, -0.1) is 10.2 Å². The minimum atomic E-state index is -1.12. The minimum Gasteiger partial charge on any atom is -0.493 e. The molecule has 0 amide bonds. The molecule has 0 aliphatic carbocycles. The van der Waals surface area contributed by atoms with E-state index >= 15 is 0 Å². The fourth-order valence-corrected chi connectivity index (χ4v) is 3.30. The van der Waals surface area contributed by atoms with Gasteiger partial charge in [0.2, 0.25) is 5.89 Å². The third-order valence-electron chi connectivity index (χ3n) is 4.17. The van der Waals surface area contributed by atoms with Crippen molar-refractivity contribution in [3.8, 4) is 17.6 Å². The molecule has 0 spiro atoms. The second-order valence-corrected chi connectivity index (χ2v) is 7.19. The Hall–Kier alpha value is -3.77. The van der Waals surface area contributed by atoms with Crippen LogP contribution in [0.15, 0.2) is 57.0 Å². The summed E-state index contributed by atoms with van der Waals surface area (Å²) in [7, 11) is 1.50. The Morgan fingerprint density at radius 1 is 1.26 bits per heavy atom. The summed E-state index contributed by atoms with van der Waals surface area (Å²) in [4.78, 5) is 11.7. The summed E-state index contributed by atoms with van der Waals surface area (Å²) in [6.45, 7) is 2.06. The number of aromatic nitrogens is 2. The maximum Gasteiger partial charge on any atom is 0.342 e. The van der Waals surface area contributed by atoms with Gasteiger partial charge in [-0.25, -0.2) is 4.79 Å². The zero-order valence-electron chi connectivity index (χ0n) is 16.9. The lowest BCUT2D eigenvalue weighted by molar-refractivity contribution is -0.131. The van der Waals surface area contributed by atoms with Crippen LogP contribution >= 0.6 is 11.8 Å². The number of rotatable bonds is 9. The average Bonchev–Trinajstić information content (AvgIpc) is 3.25. The van der Waals surface area contributed by atoms with Gasteiger partial charge >= 0.3 is 5.97 Å². The number of hydrogen-bond acceptors (Lipinski definition) is 8. The van der Waals surface area contributed by atoms with Crippen LogP contribution in [0, 0.1) is 11.3 Å². The molecule has 1 heterocycles. The van der Waals surface area contributed by atoms with Crippen LogP contribution in [0.1, 0.15) is 29.5 Å². The van der Waals surface area contributed by atoms with Gasteiger partial charge in [0.05, 0.1) is 18.7 Å². The number of aliphatic carboxylic acids is 1. The molecule has 0 atom stereocenters. The maximum absolute atomic E-state index is 11.7. The number of nitrogens with zero attached hydrogens (tertiary/aromatic N) is 3. The molecule has 158 valence electrons. The van der Waals surface area contributed by atoms with Crippen LogP contribution in [0.5, 0.6) is 11.5 Å². The Kier molecular flexibility index (Phi) is 7.30. The van der Waals surface area contributed by atoms with E-state index in [1.165, 1.54) is 13.2 Å². The molecule has 0 fully saturated rings. The highest BCUT2D eigenvalue weighted by molar-refractivity contribution is 8.03. The van der Waals surface area contributed by atoms with E-state index in [9.17, 15) is 15.2 Å². The molecule has 9 heteroatoms. The number of nitriles is 1. The third-order valence-corrected chi connectivity index (χ3v) is 5.02. The molecular weight excluding hydrogens is 418 g/mol. The summed E-state index contributed by atoms with van der Waals surface area (Å²) < 4.78 is 16.6. The smallest absolute Gasteiger partial charge is 0.342 e. The van der Waals surface area contributed by atoms with E-state index in [0.717, 1.165) is 17.3 Å². The van der Waals surface area contributed by atoms with Crippen molar-refractivity contribution in [3.05, 3.63) is 70.0 Å². The molecule has 0 bridgehead atoms. The molecule has 0 radical (unpaired) electrons. The van der Waals surface area contributed by atoms with Gasteiger partial charge in [0, 0.05) is 12.0 Å². The average molecular weight is 437 g/mol. The second kappa shape index (κ2) is 10.3. The minimum absolute atomic E-state index is 0.0185.